The lowest BCUT2D eigenvalue weighted by molar-refractivity contribution is 0.111. The molecule has 0 saturated carbocycles. The molecule has 0 amide bonds. The topological polar surface area (TPSA) is 118 Å². The zero-order chi connectivity index (χ0) is 9.42. The van der Waals surface area contributed by atoms with Crippen LogP contribution in [-0.4, -0.2) is 26.2 Å². The molecule has 7 nitrogen and oxygen atoms in total. The third-order valence-corrected chi connectivity index (χ3v) is 1.51. The van der Waals surface area contributed by atoms with Gasteiger partial charge < -0.3 is 10.7 Å². The first kappa shape index (κ1) is 7.47. The van der Waals surface area contributed by atoms with Gasteiger partial charge in [-0.2, -0.15) is 4.98 Å². The molecule has 0 aliphatic rings. The number of aldehydes is 1. The maximum Gasteiger partial charge on any atom is 0.278 e. The molecule has 4 N–H and O–H groups in total. The van der Waals surface area contributed by atoms with Gasteiger partial charge in [-0.1, -0.05) is 0 Å². The Hall–Kier alpha value is -2.18. The van der Waals surface area contributed by atoms with Gasteiger partial charge in [0.2, 0.25) is 5.95 Å². The second-order valence-corrected chi connectivity index (χ2v) is 2.39. The second-order valence-electron chi connectivity index (χ2n) is 2.39. The molecule has 0 radical (unpaired) electrons. The molecular formula is C6H5N5O2. The summed E-state index contributed by atoms with van der Waals surface area (Å²) in [7, 11) is 0. The predicted molar refractivity (Wildman–Crippen MR) is 44.3 cm³/mol. The van der Waals surface area contributed by atoms with Gasteiger partial charge in [0.15, 0.2) is 23.3 Å². The van der Waals surface area contributed by atoms with Gasteiger partial charge in [0.1, 0.15) is 0 Å². The molecule has 7 heteroatoms. The minimum atomic E-state index is -0.442. The van der Waals surface area contributed by atoms with Crippen molar-refractivity contribution < 1.29 is 4.79 Å². The number of nitrogen functional groups attached to an aromatic ring is 1. The Morgan fingerprint density at radius 2 is 2.08 bits per heavy atom. The average Bonchev–Trinajstić information content (AvgIpc) is 2.47. The van der Waals surface area contributed by atoms with Crippen LogP contribution in [-0.2, 0) is 0 Å². The molecule has 0 aliphatic carbocycles. The fourth-order valence-electron chi connectivity index (χ4n) is 0.998. The van der Waals surface area contributed by atoms with Gasteiger partial charge in [0.25, 0.3) is 5.56 Å². The number of H-pyrrole nitrogens is 2. The van der Waals surface area contributed by atoms with Crippen LogP contribution < -0.4 is 11.3 Å². The van der Waals surface area contributed by atoms with Crippen molar-refractivity contribution in [2.45, 2.75) is 0 Å². The first-order chi connectivity index (χ1) is 6.20. The lowest BCUT2D eigenvalue weighted by Crippen LogP contribution is -2.10. The van der Waals surface area contributed by atoms with Crippen LogP contribution in [0.2, 0.25) is 0 Å². The van der Waals surface area contributed by atoms with Crippen molar-refractivity contribution in [3.05, 3.63) is 16.2 Å². The molecule has 0 atom stereocenters. The highest BCUT2D eigenvalue weighted by Gasteiger charge is 2.06. The Labute approximate surface area is 71.0 Å². The minimum absolute atomic E-state index is 0.0264. The molecule has 0 fully saturated rings. The van der Waals surface area contributed by atoms with E-state index in [4.69, 9.17) is 5.73 Å². The van der Waals surface area contributed by atoms with Crippen LogP contribution in [0.25, 0.3) is 11.2 Å². The number of aromatic amines is 2. The van der Waals surface area contributed by atoms with Gasteiger partial charge in [-0.05, 0) is 0 Å². The Bertz CT molecular complexity index is 525. The number of aromatic nitrogens is 4. The third-order valence-electron chi connectivity index (χ3n) is 1.51. The van der Waals surface area contributed by atoms with Crippen molar-refractivity contribution in [2.75, 3.05) is 5.73 Å². The molecular weight excluding hydrogens is 174 g/mol. The van der Waals surface area contributed by atoms with Crippen molar-refractivity contribution in [3.63, 3.8) is 0 Å². The summed E-state index contributed by atoms with van der Waals surface area (Å²) in [5.74, 6) is 0.0278. The fraction of sp³-hybridized carbons (Fsp3) is 0. The molecule has 2 rings (SSSR count). The average molecular weight is 179 g/mol. The van der Waals surface area contributed by atoms with Gasteiger partial charge in [-0.25, -0.2) is 4.98 Å². The molecule has 0 saturated heterocycles. The van der Waals surface area contributed by atoms with E-state index in [1.807, 2.05) is 0 Å². The number of imidazole rings is 1. The molecule has 2 heterocycles. The van der Waals surface area contributed by atoms with E-state index in [1.54, 1.807) is 0 Å². The van der Waals surface area contributed by atoms with Crippen molar-refractivity contribution in [1.29, 1.82) is 0 Å². The largest absolute Gasteiger partial charge is 0.369 e. The number of nitrogens with one attached hydrogen (secondary N) is 2. The molecule has 0 aliphatic heterocycles. The maximum atomic E-state index is 11.2. The monoisotopic (exact) mass is 179 g/mol. The second kappa shape index (κ2) is 2.41. The molecule has 13 heavy (non-hydrogen) atoms. The summed E-state index contributed by atoms with van der Waals surface area (Å²) in [5, 5.41) is 0. The first-order valence-electron chi connectivity index (χ1n) is 3.41. The molecule has 2 aromatic rings. The summed E-state index contributed by atoms with van der Waals surface area (Å²) in [6.07, 6.45) is 0.497. The predicted octanol–water partition coefficient (Wildman–Crippen LogP) is -0.959. The normalized spacial score (nSPS) is 10.5. The highest BCUT2D eigenvalue weighted by atomic mass is 16.1. The van der Waals surface area contributed by atoms with Gasteiger partial charge in [0.05, 0.1) is 0 Å². The van der Waals surface area contributed by atoms with E-state index in [1.165, 1.54) is 0 Å². The van der Waals surface area contributed by atoms with Gasteiger partial charge in [-0.15, -0.1) is 0 Å². The van der Waals surface area contributed by atoms with Crippen molar-refractivity contribution in [2.24, 2.45) is 0 Å². The van der Waals surface area contributed by atoms with Crippen molar-refractivity contribution >= 4 is 23.4 Å². The standard InChI is InChI=1S/C6H5N5O2/c7-6-10-4-3(5(13)11-6)8-2(1-12)9-4/h1H,(H4,7,8,9,10,11,13). The van der Waals surface area contributed by atoms with E-state index in [9.17, 15) is 9.59 Å². The third kappa shape index (κ3) is 1.06. The Balaban J connectivity index is 2.90. The number of anilines is 1. The van der Waals surface area contributed by atoms with Crippen LogP contribution in [0.3, 0.4) is 0 Å². The fourth-order valence-corrected chi connectivity index (χ4v) is 0.998. The number of nitrogens with two attached hydrogens (primary N) is 1. The smallest absolute Gasteiger partial charge is 0.278 e. The lowest BCUT2D eigenvalue weighted by Gasteiger charge is -1.89. The zero-order valence-electron chi connectivity index (χ0n) is 6.37. The van der Waals surface area contributed by atoms with E-state index < -0.39 is 5.56 Å². The summed E-state index contributed by atoms with van der Waals surface area (Å²) >= 11 is 0. The van der Waals surface area contributed by atoms with Crippen molar-refractivity contribution in [3.8, 4) is 0 Å². The number of rotatable bonds is 1. The number of carbonyl (C=O) groups is 1. The Kier molecular flexibility index (Phi) is 1.38. The summed E-state index contributed by atoms with van der Waals surface area (Å²) < 4.78 is 0. The van der Waals surface area contributed by atoms with Crippen LogP contribution >= 0.6 is 0 Å². The molecule has 0 spiro atoms. The van der Waals surface area contributed by atoms with Crippen LogP contribution in [0.5, 0.6) is 0 Å². The number of hydrogen-bond acceptors (Lipinski definition) is 5. The van der Waals surface area contributed by atoms with E-state index in [0.717, 1.165) is 0 Å². The number of nitrogens with zero attached hydrogens (tertiary/aromatic N) is 2. The summed E-state index contributed by atoms with van der Waals surface area (Å²) in [4.78, 5) is 33.7. The Morgan fingerprint density at radius 1 is 1.31 bits per heavy atom. The maximum absolute atomic E-state index is 11.2. The lowest BCUT2D eigenvalue weighted by atomic mass is 10.5. The van der Waals surface area contributed by atoms with Crippen LogP contribution in [0.4, 0.5) is 5.95 Å². The molecule has 0 aromatic carbocycles. The van der Waals surface area contributed by atoms with E-state index in [0.29, 0.717) is 6.29 Å². The number of carbonyl (C=O) groups excluding carboxylic acids is 1. The van der Waals surface area contributed by atoms with Crippen LogP contribution in [0.15, 0.2) is 4.79 Å². The molecule has 0 bridgehead atoms. The van der Waals surface area contributed by atoms with Gasteiger partial charge in [0, 0.05) is 0 Å². The minimum Gasteiger partial charge on any atom is -0.369 e. The van der Waals surface area contributed by atoms with Crippen molar-refractivity contribution in [1.82, 2.24) is 19.9 Å². The van der Waals surface area contributed by atoms with E-state index in [2.05, 4.69) is 19.9 Å². The highest BCUT2D eigenvalue weighted by molar-refractivity contribution is 5.79. The first-order valence-corrected chi connectivity index (χ1v) is 3.41. The van der Waals surface area contributed by atoms with Crippen LogP contribution in [0, 0.1) is 0 Å². The van der Waals surface area contributed by atoms with E-state index in [-0.39, 0.29) is 22.9 Å². The summed E-state index contributed by atoms with van der Waals surface area (Å²) in [6, 6.07) is 0. The highest BCUT2D eigenvalue weighted by Crippen LogP contribution is 2.02. The summed E-state index contributed by atoms with van der Waals surface area (Å²) in [5.41, 5.74) is 5.12. The molecule has 2 aromatic heterocycles. The van der Waals surface area contributed by atoms with Crippen LogP contribution in [0.1, 0.15) is 10.6 Å². The van der Waals surface area contributed by atoms with Gasteiger partial charge >= 0.3 is 0 Å². The molecule has 66 valence electrons. The summed E-state index contributed by atoms with van der Waals surface area (Å²) in [6.45, 7) is 0. The van der Waals surface area contributed by atoms with Gasteiger partial charge in [-0.3, -0.25) is 14.6 Å². The zero-order valence-corrected chi connectivity index (χ0v) is 6.37. The molecule has 0 unspecified atom stereocenters. The number of fused-ring (bicyclic) bond motifs is 1. The number of hydrogen-bond donors (Lipinski definition) is 3. The van der Waals surface area contributed by atoms with E-state index >= 15 is 0 Å². The quantitative estimate of drug-likeness (QED) is 0.487. The SMILES string of the molecule is Nc1nc2nc(C=O)[nH]c2c(=O)[nH]1. The Morgan fingerprint density at radius 3 is 2.77 bits per heavy atom.